The van der Waals surface area contributed by atoms with Gasteiger partial charge in [-0.2, -0.15) is 0 Å². The van der Waals surface area contributed by atoms with E-state index in [1.54, 1.807) is 0 Å². The zero-order chi connectivity index (χ0) is 28.0. The van der Waals surface area contributed by atoms with Gasteiger partial charge in [-0.1, -0.05) is 94.8 Å². The number of carbonyl (C=O) groups is 2. The third-order valence-corrected chi connectivity index (χ3v) is 12.6. The number of amides is 1. The highest BCUT2D eigenvalue weighted by Gasteiger charge is 2.51. The number of nitrogens with one attached hydrogen (secondary N) is 1. The lowest BCUT2D eigenvalue weighted by Crippen LogP contribution is -2.68. The quantitative estimate of drug-likeness (QED) is 0.334. The molecule has 5 nitrogen and oxygen atoms in total. The van der Waals surface area contributed by atoms with Gasteiger partial charge >= 0.3 is 5.97 Å². The van der Waals surface area contributed by atoms with Crippen LogP contribution in [0.2, 0.25) is 5.04 Å². The lowest BCUT2D eigenvalue weighted by molar-refractivity contribution is -0.160. The Kier molecular flexibility index (Phi) is 9.99. The van der Waals surface area contributed by atoms with Gasteiger partial charge in [0.1, 0.15) is 5.60 Å². The number of hydrogen-bond acceptors (Lipinski definition) is 4. The molecule has 6 heteroatoms. The smallest absolute Gasteiger partial charge is 0.311 e. The molecule has 0 heterocycles. The van der Waals surface area contributed by atoms with E-state index >= 15 is 0 Å². The maximum atomic E-state index is 13.3. The van der Waals surface area contributed by atoms with E-state index in [0.717, 1.165) is 19.3 Å². The molecule has 1 saturated carbocycles. The Morgan fingerprint density at radius 1 is 0.921 bits per heavy atom. The third kappa shape index (κ3) is 7.35. The van der Waals surface area contributed by atoms with Crippen molar-refractivity contribution in [2.75, 3.05) is 6.54 Å². The van der Waals surface area contributed by atoms with Gasteiger partial charge < -0.3 is 14.5 Å². The Hall–Kier alpha value is -2.44. The van der Waals surface area contributed by atoms with Crippen LogP contribution in [0.1, 0.15) is 80.6 Å². The lowest BCUT2D eigenvalue weighted by Gasteiger charge is -2.46. The van der Waals surface area contributed by atoms with E-state index < -0.39 is 13.9 Å². The van der Waals surface area contributed by atoms with Crippen molar-refractivity contribution in [3.63, 3.8) is 0 Å². The van der Waals surface area contributed by atoms with Crippen molar-refractivity contribution < 1.29 is 18.8 Å². The molecule has 0 saturated heterocycles. The average molecular weight is 538 g/mol. The fourth-order valence-electron chi connectivity index (χ4n) is 5.58. The Morgan fingerprint density at radius 3 is 1.95 bits per heavy atom. The average Bonchev–Trinajstić information content (AvgIpc) is 2.87. The summed E-state index contributed by atoms with van der Waals surface area (Å²) in [5.74, 6) is -0.700. The molecule has 1 aliphatic carbocycles. The summed E-state index contributed by atoms with van der Waals surface area (Å²) in [7, 11) is -2.67. The van der Waals surface area contributed by atoms with E-state index in [1.807, 2.05) is 27.7 Å². The summed E-state index contributed by atoms with van der Waals surface area (Å²) in [6, 6.07) is 21.3. The largest absolute Gasteiger partial charge is 0.460 e. The van der Waals surface area contributed by atoms with Crippen molar-refractivity contribution in [1.82, 2.24) is 5.32 Å². The number of esters is 1. The molecule has 0 bridgehead atoms. The summed E-state index contributed by atoms with van der Waals surface area (Å²) in [6.07, 6.45) is 4.06. The van der Waals surface area contributed by atoms with Crippen LogP contribution in [-0.2, 0) is 18.8 Å². The van der Waals surface area contributed by atoms with Crippen LogP contribution in [0.5, 0.6) is 0 Å². The molecule has 3 rings (SSSR count). The van der Waals surface area contributed by atoms with Gasteiger partial charge in [0.25, 0.3) is 8.32 Å². The first-order valence-electron chi connectivity index (χ1n) is 14.2. The van der Waals surface area contributed by atoms with E-state index in [-0.39, 0.29) is 34.9 Å². The van der Waals surface area contributed by atoms with Crippen LogP contribution in [-0.4, -0.2) is 38.4 Å². The van der Waals surface area contributed by atoms with Gasteiger partial charge in [-0.25, -0.2) is 0 Å². The monoisotopic (exact) mass is 537 g/mol. The van der Waals surface area contributed by atoms with Crippen LogP contribution in [0.4, 0.5) is 0 Å². The van der Waals surface area contributed by atoms with E-state index in [1.165, 1.54) is 10.4 Å². The van der Waals surface area contributed by atoms with Crippen molar-refractivity contribution in [2.45, 2.75) is 97.3 Å². The fourth-order valence-corrected chi connectivity index (χ4v) is 10.3. The summed E-state index contributed by atoms with van der Waals surface area (Å²) in [5, 5.41) is 5.47. The molecule has 0 radical (unpaired) electrons. The first-order chi connectivity index (χ1) is 17.9. The standard InChI is InChI=1S/C32H47NO4Si/c1-8-24(30(35)36-31(2,3)4)23-33-29(34)25-16-15-17-26(22-25)37-38(32(5,6)7,27-18-11-9-12-19-27)28-20-13-10-14-21-28/h9-14,18-21,24-26H,8,15-17,22-23H2,1-7H3,(H,33,34)/t24?,25-,26+/m1/s1. The molecule has 208 valence electrons. The van der Waals surface area contributed by atoms with Gasteiger partial charge in [-0.15, -0.1) is 0 Å². The summed E-state index contributed by atoms with van der Waals surface area (Å²) >= 11 is 0. The predicted molar refractivity (Wildman–Crippen MR) is 157 cm³/mol. The Morgan fingerprint density at radius 2 is 1.47 bits per heavy atom. The zero-order valence-corrected chi connectivity index (χ0v) is 25.4. The molecule has 1 amide bonds. The summed E-state index contributed by atoms with van der Waals surface area (Å²) < 4.78 is 12.9. The van der Waals surface area contributed by atoms with Crippen LogP contribution in [0.25, 0.3) is 0 Å². The molecular formula is C32H47NO4Si. The Balaban J connectivity index is 1.78. The van der Waals surface area contributed by atoms with Crippen molar-refractivity contribution in [3.8, 4) is 0 Å². The van der Waals surface area contributed by atoms with Crippen LogP contribution >= 0.6 is 0 Å². The minimum atomic E-state index is -2.67. The second-order valence-electron chi connectivity index (χ2n) is 12.7. The van der Waals surface area contributed by atoms with Gasteiger partial charge in [0, 0.05) is 18.6 Å². The number of ether oxygens (including phenoxy) is 1. The predicted octanol–water partition coefficient (Wildman–Crippen LogP) is 5.61. The zero-order valence-electron chi connectivity index (χ0n) is 24.4. The van der Waals surface area contributed by atoms with E-state index in [2.05, 4.69) is 86.8 Å². The van der Waals surface area contributed by atoms with Gasteiger partial charge in [-0.05, 0) is 61.9 Å². The molecular weight excluding hydrogens is 490 g/mol. The van der Waals surface area contributed by atoms with Crippen molar-refractivity contribution in [3.05, 3.63) is 60.7 Å². The van der Waals surface area contributed by atoms with Crippen LogP contribution in [0.15, 0.2) is 60.7 Å². The van der Waals surface area contributed by atoms with Crippen LogP contribution in [0, 0.1) is 11.8 Å². The van der Waals surface area contributed by atoms with Crippen molar-refractivity contribution in [2.24, 2.45) is 11.8 Å². The summed E-state index contributed by atoms with van der Waals surface area (Å²) in [6.45, 7) is 14.7. The Bertz CT molecular complexity index is 1000. The topological polar surface area (TPSA) is 64.6 Å². The van der Waals surface area contributed by atoms with Gasteiger partial charge in [0.15, 0.2) is 0 Å². The molecule has 2 aromatic carbocycles. The highest BCUT2D eigenvalue weighted by molar-refractivity contribution is 6.99. The van der Waals surface area contributed by atoms with Crippen LogP contribution < -0.4 is 15.7 Å². The Labute approximate surface area is 230 Å². The van der Waals surface area contributed by atoms with Gasteiger partial charge in [0.05, 0.1) is 5.92 Å². The maximum Gasteiger partial charge on any atom is 0.311 e. The molecule has 3 atom stereocenters. The highest BCUT2D eigenvalue weighted by Crippen LogP contribution is 2.40. The second kappa shape index (κ2) is 12.6. The van der Waals surface area contributed by atoms with Gasteiger partial charge in [0.2, 0.25) is 5.91 Å². The fraction of sp³-hybridized carbons (Fsp3) is 0.562. The first-order valence-corrected chi connectivity index (χ1v) is 16.1. The molecule has 1 fully saturated rings. The molecule has 1 aliphatic rings. The lowest BCUT2D eigenvalue weighted by atomic mass is 9.86. The molecule has 0 aromatic heterocycles. The molecule has 1 N–H and O–H groups in total. The number of benzene rings is 2. The number of hydrogen-bond donors (Lipinski definition) is 1. The summed E-state index contributed by atoms with van der Waals surface area (Å²) in [4.78, 5) is 25.8. The van der Waals surface area contributed by atoms with Crippen molar-refractivity contribution in [1.29, 1.82) is 0 Å². The molecule has 38 heavy (non-hydrogen) atoms. The minimum absolute atomic E-state index is 0.00127. The highest BCUT2D eigenvalue weighted by atomic mass is 28.4. The molecule has 0 aliphatic heterocycles. The maximum absolute atomic E-state index is 13.3. The second-order valence-corrected chi connectivity index (χ2v) is 16.9. The van der Waals surface area contributed by atoms with E-state index in [4.69, 9.17) is 9.16 Å². The van der Waals surface area contributed by atoms with Crippen LogP contribution in [0.3, 0.4) is 0 Å². The molecule has 1 unspecified atom stereocenters. The molecule has 0 spiro atoms. The number of carbonyl (C=O) groups excluding carboxylic acids is 2. The van der Waals surface area contributed by atoms with Crippen molar-refractivity contribution >= 4 is 30.6 Å². The molecule has 2 aromatic rings. The number of rotatable bonds is 9. The minimum Gasteiger partial charge on any atom is -0.460 e. The first kappa shape index (κ1) is 30.1. The SMILES string of the molecule is CCC(CNC(=O)[C@@H]1CCC[C@H](O[Si](c2ccccc2)(c2ccccc2)C(C)(C)C)C1)C(=O)OC(C)(C)C. The van der Waals surface area contributed by atoms with E-state index in [9.17, 15) is 9.59 Å². The normalized spacial score (nSPS) is 19.4. The van der Waals surface area contributed by atoms with E-state index in [0.29, 0.717) is 19.4 Å². The third-order valence-electron chi connectivity index (χ3n) is 7.51. The van der Waals surface area contributed by atoms with Gasteiger partial charge in [-0.3, -0.25) is 9.59 Å². The summed E-state index contributed by atoms with van der Waals surface area (Å²) in [5.41, 5.74) is -0.538.